The number of hydrogen-bond acceptors (Lipinski definition) is 2. The average molecular weight is 144 g/mol. The molecule has 0 saturated carbocycles. The van der Waals surface area contributed by atoms with E-state index in [1.54, 1.807) is 0 Å². The minimum atomic E-state index is -1.21. The maximum absolute atomic E-state index is 9.86. The molecule has 0 radical (unpaired) electrons. The van der Waals surface area contributed by atoms with Crippen molar-refractivity contribution in [3.05, 3.63) is 12.2 Å². The second kappa shape index (κ2) is 4.85. The maximum atomic E-state index is 9.86. The fourth-order valence-corrected chi connectivity index (χ4v) is 0.587. The van der Waals surface area contributed by atoms with Gasteiger partial charge in [-0.15, -0.1) is 0 Å². The average Bonchev–Trinajstić information content (AvgIpc) is 1.85. The molecule has 0 saturated heterocycles. The van der Waals surface area contributed by atoms with Crippen LogP contribution in [0.5, 0.6) is 0 Å². The molecule has 0 spiro atoms. The lowest BCUT2D eigenvalue weighted by atomic mass is 10.2. The minimum absolute atomic E-state index is 0.168. The van der Waals surface area contributed by atoms with Gasteiger partial charge in [-0.25, -0.2) is 4.79 Å². The summed E-state index contributed by atoms with van der Waals surface area (Å²) in [5.74, 6) is 0.168. The highest BCUT2D eigenvalue weighted by Crippen LogP contribution is 1.97. The Morgan fingerprint density at radius 2 is 2.40 bits per heavy atom. The molecule has 0 aliphatic carbocycles. The Hall–Kier alpha value is -0.990. The third-order valence-corrected chi connectivity index (χ3v) is 0.991. The predicted molar refractivity (Wildman–Crippen MR) is 38.0 cm³/mol. The molecule has 0 aliphatic heterocycles. The summed E-state index contributed by atoms with van der Waals surface area (Å²) in [5, 5.41) is 8.08. The summed E-state index contributed by atoms with van der Waals surface area (Å²) in [6.07, 6.45) is 2.55. The largest absolute Gasteiger partial charge is 0.505 e. The van der Waals surface area contributed by atoms with Crippen molar-refractivity contribution in [1.82, 2.24) is 0 Å². The predicted octanol–water partition coefficient (Wildman–Crippen LogP) is 1.89. The zero-order valence-corrected chi connectivity index (χ0v) is 6.20. The van der Waals surface area contributed by atoms with Crippen LogP contribution in [0, 0.1) is 5.92 Å². The summed E-state index contributed by atoms with van der Waals surface area (Å²) in [6, 6.07) is 0. The van der Waals surface area contributed by atoms with E-state index in [4.69, 9.17) is 5.11 Å². The topological polar surface area (TPSA) is 46.5 Å². The quantitative estimate of drug-likeness (QED) is 0.486. The van der Waals surface area contributed by atoms with Crippen molar-refractivity contribution in [2.24, 2.45) is 5.92 Å². The molecule has 10 heavy (non-hydrogen) atoms. The molecular weight excluding hydrogens is 132 g/mol. The van der Waals surface area contributed by atoms with Crippen molar-refractivity contribution in [2.45, 2.75) is 13.8 Å². The van der Waals surface area contributed by atoms with E-state index >= 15 is 0 Å². The van der Waals surface area contributed by atoms with Crippen molar-refractivity contribution in [3.8, 4) is 0 Å². The van der Waals surface area contributed by atoms with Gasteiger partial charge in [-0.05, 0) is 6.92 Å². The highest BCUT2D eigenvalue weighted by atomic mass is 16.7. The number of ether oxygens (including phenoxy) is 1. The molecule has 0 aromatic rings. The van der Waals surface area contributed by atoms with Crippen molar-refractivity contribution in [3.63, 3.8) is 0 Å². The van der Waals surface area contributed by atoms with Gasteiger partial charge in [0.25, 0.3) is 0 Å². The minimum Gasteiger partial charge on any atom is -0.450 e. The van der Waals surface area contributed by atoms with E-state index in [9.17, 15) is 4.79 Å². The first-order valence-corrected chi connectivity index (χ1v) is 3.15. The highest BCUT2D eigenvalue weighted by molar-refractivity contribution is 5.56. The van der Waals surface area contributed by atoms with E-state index < -0.39 is 6.16 Å². The van der Waals surface area contributed by atoms with Crippen LogP contribution in [0.4, 0.5) is 4.79 Å². The van der Waals surface area contributed by atoms with Gasteiger partial charge in [-0.1, -0.05) is 19.1 Å². The lowest BCUT2D eigenvalue weighted by molar-refractivity contribution is 0.0845. The monoisotopic (exact) mass is 144 g/mol. The Balaban J connectivity index is 3.39. The number of rotatable bonds is 3. The van der Waals surface area contributed by atoms with Crippen LogP contribution in [0.25, 0.3) is 0 Å². The summed E-state index contributed by atoms with van der Waals surface area (Å²) in [5.41, 5.74) is 0. The third kappa shape index (κ3) is 5.15. The Kier molecular flexibility index (Phi) is 4.37. The molecular formula is C7H12O3. The highest BCUT2D eigenvalue weighted by Gasteiger charge is 1.99. The van der Waals surface area contributed by atoms with Crippen molar-refractivity contribution in [2.75, 3.05) is 6.61 Å². The van der Waals surface area contributed by atoms with Gasteiger partial charge in [-0.2, -0.15) is 0 Å². The standard InChI is InChI=1S/C7H12O3/c1-3-4-6(2)5-10-7(8)9/h3-4,6H,5H2,1-2H3,(H,8,9). The zero-order valence-electron chi connectivity index (χ0n) is 6.20. The fraction of sp³-hybridized carbons (Fsp3) is 0.571. The van der Waals surface area contributed by atoms with Gasteiger partial charge in [0.1, 0.15) is 6.61 Å². The van der Waals surface area contributed by atoms with E-state index in [0.29, 0.717) is 0 Å². The molecule has 1 unspecified atom stereocenters. The molecule has 0 heterocycles. The Morgan fingerprint density at radius 3 is 2.80 bits per heavy atom. The van der Waals surface area contributed by atoms with Gasteiger partial charge in [0.2, 0.25) is 0 Å². The summed E-state index contributed by atoms with van der Waals surface area (Å²) < 4.78 is 4.32. The molecule has 58 valence electrons. The van der Waals surface area contributed by atoms with E-state index in [-0.39, 0.29) is 12.5 Å². The van der Waals surface area contributed by atoms with Crippen molar-refractivity contribution < 1.29 is 14.6 Å². The summed E-state index contributed by atoms with van der Waals surface area (Å²) in [7, 11) is 0. The molecule has 1 atom stereocenters. The van der Waals surface area contributed by atoms with Gasteiger partial charge in [0.05, 0.1) is 0 Å². The number of allylic oxidation sites excluding steroid dienone is 1. The molecule has 0 bridgehead atoms. The van der Waals surface area contributed by atoms with Crippen molar-refractivity contribution >= 4 is 6.16 Å². The second-order valence-corrected chi connectivity index (χ2v) is 2.08. The normalized spacial score (nSPS) is 13.4. The van der Waals surface area contributed by atoms with Gasteiger partial charge >= 0.3 is 6.16 Å². The maximum Gasteiger partial charge on any atom is 0.505 e. The van der Waals surface area contributed by atoms with Crippen LogP contribution in [-0.2, 0) is 4.74 Å². The SMILES string of the molecule is CC=CC(C)COC(=O)O. The van der Waals surface area contributed by atoms with E-state index in [0.717, 1.165) is 0 Å². The third-order valence-electron chi connectivity index (χ3n) is 0.991. The van der Waals surface area contributed by atoms with E-state index in [1.165, 1.54) is 0 Å². The first kappa shape index (κ1) is 9.01. The number of carboxylic acid groups (broad SMARTS) is 1. The molecule has 0 aliphatic rings. The molecule has 0 amide bonds. The van der Waals surface area contributed by atoms with Gasteiger partial charge in [-0.3, -0.25) is 0 Å². The Morgan fingerprint density at radius 1 is 1.80 bits per heavy atom. The molecule has 1 N–H and O–H groups in total. The summed E-state index contributed by atoms with van der Waals surface area (Å²) >= 11 is 0. The van der Waals surface area contributed by atoms with Gasteiger partial charge < -0.3 is 9.84 Å². The molecule has 3 heteroatoms. The van der Waals surface area contributed by atoms with Crippen LogP contribution >= 0.6 is 0 Å². The number of carbonyl (C=O) groups is 1. The van der Waals surface area contributed by atoms with Gasteiger partial charge in [0, 0.05) is 5.92 Å². The fourth-order valence-electron chi connectivity index (χ4n) is 0.587. The summed E-state index contributed by atoms with van der Waals surface area (Å²) in [4.78, 5) is 9.86. The van der Waals surface area contributed by atoms with Gasteiger partial charge in [0.15, 0.2) is 0 Å². The first-order chi connectivity index (χ1) is 4.66. The molecule has 3 nitrogen and oxygen atoms in total. The van der Waals surface area contributed by atoms with Crippen LogP contribution in [0.15, 0.2) is 12.2 Å². The zero-order chi connectivity index (χ0) is 7.98. The number of hydrogen-bond donors (Lipinski definition) is 1. The van der Waals surface area contributed by atoms with E-state index in [1.807, 2.05) is 26.0 Å². The van der Waals surface area contributed by atoms with E-state index in [2.05, 4.69) is 4.74 Å². The smallest absolute Gasteiger partial charge is 0.450 e. The molecule has 0 rings (SSSR count). The summed E-state index contributed by atoms with van der Waals surface area (Å²) in [6.45, 7) is 4.01. The van der Waals surface area contributed by atoms with Crippen LogP contribution in [-0.4, -0.2) is 17.9 Å². The second-order valence-electron chi connectivity index (χ2n) is 2.08. The van der Waals surface area contributed by atoms with Crippen LogP contribution < -0.4 is 0 Å². The first-order valence-electron chi connectivity index (χ1n) is 3.15. The molecule has 0 fully saturated rings. The van der Waals surface area contributed by atoms with Crippen molar-refractivity contribution in [1.29, 1.82) is 0 Å². The van der Waals surface area contributed by atoms with Crippen LogP contribution in [0.2, 0.25) is 0 Å². The lowest BCUT2D eigenvalue weighted by Crippen LogP contribution is -2.07. The Bertz CT molecular complexity index is 129. The van der Waals surface area contributed by atoms with Crippen LogP contribution in [0.1, 0.15) is 13.8 Å². The van der Waals surface area contributed by atoms with Crippen LogP contribution in [0.3, 0.4) is 0 Å². The molecule has 0 aromatic heterocycles. The lowest BCUT2D eigenvalue weighted by Gasteiger charge is -2.03. The molecule has 0 aromatic carbocycles. The Labute approximate surface area is 60.3 Å².